The standard InChI is InChI=1S/C14H14N8S/c1-10-11(8-15)14(23-19-10)21-6-4-20(5-7-21)13-3-2-12-17-16-9-22(12)18-13/h2-3,9H,4-7H2,1H3. The molecule has 0 unspecified atom stereocenters. The Bertz CT molecular complexity index is 884. The fraction of sp³-hybridized carbons (Fsp3) is 0.357. The van der Waals surface area contributed by atoms with Crippen molar-refractivity contribution in [3.8, 4) is 6.07 Å². The zero-order valence-corrected chi connectivity index (χ0v) is 13.4. The van der Waals surface area contributed by atoms with Crippen molar-refractivity contribution >= 4 is 28.0 Å². The van der Waals surface area contributed by atoms with Crippen LogP contribution in [0.25, 0.3) is 5.65 Å². The zero-order valence-electron chi connectivity index (χ0n) is 12.5. The summed E-state index contributed by atoms with van der Waals surface area (Å²) >= 11 is 1.41. The predicted octanol–water partition coefficient (Wildman–Crippen LogP) is 1.09. The molecule has 1 aliphatic rings. The molecule has 1 fully saturated rings. The van der Waals surface area contributed by atoms with E-state index < -0.39 is 0 Å². The number of nitriles is 1. The predicted molar refractivity (Wildman–Crippen MR) is 86.8 cm³/mol. The van der Waals surface area contributed by atoms with Crippen LogP contribution in [0.15, 0.2) is 18.5 Å². The van der Waals surface area contributed by atoms with Crippen molar-refractivity contribution in [3.63, 3.8) is 0 Å². The summed E-state index contributed by atoms with van der Waals surface area (Å²) in [5.41, 5.74) is 2.26. The second-order valence-electron chi connectivity index (χ2n) is 5.36. The molecule has 0 atom stereocenters. The fourth-order valence-electron chi connectivity index (χ4n) is 2.73. The molecule has 4 rings (SSSR count). The van der Waals surface area contributed by atoms with Gasteiger partial charge in [0.05, 0.1) is 5.69 Å². The van der Waals surface area contributed by atoms with Crippen molar-refractivity contribution in [2.45, 2.75) is 6.92 Å². The molecule has 9 heteroatoms. The van der Waals surface area contributed by atoms with Gasteiger partial charge in [-0.3, -0.25) is 0 Å². The lowest BCUT2D eigenvalue weighted by atomic mass is 10.2. The summed E-state index contributed by atoms with van der Waals surface area (Å²) in [5, 5.41) is 22.6. The van der Waals surface area contributed by atoms with Crippen LogP contribution in [0.3, 0.4) is 0 Å². The van der Waals surface area contributed by atoms with Crippen LogP contribution in [0, 0.1) is 18.3 Å². The molecule has 3 aromatic rings. The van der Waals surface area contributed by atoms with E-state index in [1.165, 1.54) is 11.5 Å². The van der Waals surface area contributed by atoms with E-state index in [0.29, 0.717) is 5.56 Å². The minimum absolute atomic E-state index is 0.701. The van der Waals surface area contributed by atoms with Gasteiger partial charge in [0.1, 0.15) is 28.8 Å². The molecule has 116 valence electrons. The van der Waals surface area contributed by atoms with Gasteiger partial charge in [0, 0.05) is 26.2 Å². The topological polar surface area (TPSA) is 86.2 Å². The first kappa shape index (κ1) is 13.9. The number of anilines is 2. The summed E-state index contributed by atoms with van der Waals surface area (Å²) in [6.45, 7) is 5.27. The highest BCUT2D eigenvalue weighted by molar-refractivity contribution is 7.10. The molecular formula is C14H14N8S. The van der Waals surface area contributed by atoms with Crippen LogP contribution >= 0.6 is 11.5 Å². The second-order valence-corrected chi connectivity index (χ2v) is 6.11. The van der Waals surface area contributed by atoms with Gasteiger partial charge < -0.3 is 9.80 Å². The minimum Gasteiger partial charge on any atom is -0.358 e. The van der Waals surface area contributed by atoms with E-state index in [-0.39, 0.29) is 0 Å². The highest BCUT2D eigenvalue weighted by Gasteiger charge is 2.23. The average Bonchev–Trinajstić information content (AvgIpc) is 3.20. The van der Waals surface area contributed by atoms with Crippen LogP contribution in [0.1, 0.15) is 11.3 Å². The molecule has 1 saturated heterocycles. The summed E-state index contributed by atoms with van der Waals surface area (Å²) in [6.07, 6.45) is 1.61. The molecule has 0 aromatic carbocycles. The average molecular weight is 326 g/mol. The number of aromatic nitrogens is 5. The maximum Gasteiger partial charge on any atom is 0.177 e. The number of fused-ring (bicyclic) bond motifs is 1. The Morgan fingerprint density at radius 2 is 1.96 bits per heavy atom. The van der Waals surface area contributed by atoms with Crippen LogP contribution in [-0.2, 0) is 0 Å². The number of nitrogens with zero attached hydrogens (tertiary/aromatic N) is 8. The molecule has 0 aliphatic carbocycles. The zero-order chi connectivity index (χ0) is 15.8. The van der Waals surface area contributed by atoms with Crippen LogP contribution in [0.5, 0.6) is 0 Å². The van der Waals surface area contributed by atoms with Gasteiger partial charge in [0.2, 0.25) is 0 Å². The second kappa shape index (κ2) is 5.48. The number of hydrogen-bond acceptors (Lipinski definition) is 8. The van der Waals surface area contributed by atoms with Gasteiger partial charge in [-0.15, -0.1) is 15.3 Å². The normalized spacial score (nSPS) is 15.1. The minimum atomic E-state index is 0.701. The number of aryl methyl sites for hydroxylation is 1. The lowest BCUT2D eigenvalue weighted by molar-refractivity contribution is 0.644. The SMILES string of the molecule is Cc1nsc(N2CCN(c3ccc4nncn4n3)CC2)c1C#N. The Balaban J connectivity index is 1.51. The lowest BCUT2D eigenvalue weighted by Crippen LogP contribution is -2.46. The quantitative estimate of drug-likeness (QED) is 0.696. The molecule has 0 bridgehead atoms. The first-order valence-electron chi connectivity index (χ1n) is 7.29. The first-order chi connectivity index (χ1) is 11.3. The Hall–Kier alpha value is -2.73. The molecule has 0 radical (unpaired) electrons. The largest absolute Gasteiger partial charge is 0.358 e. The van der Waals surface area contributed by atoms with E-state index in [4.69, 9.17) is 0 Å². The molecule has 0 spiro atoms. The Labute approximate surface area is 136 Å². The van der Waals surface area contributed by atoms with Gasteiger partial charge >= 0.3 is 0 Å². The lowest BCUT2D eigenvalue weighted by Gasteiger charge is -2.35. The highest BCUT2D eigenvalue weighted by Crippen LogP contribution is 2.29. The molecule has 0 amide bonds. The smallest absolute Gasteiger partial charge is 0.177 e. The molecule has 0 saturated carbocycles. The van der Waals surface area contributed by atoms with Gasteiger partial charge in [-0.25, -0.2) is 0 Å². The summed E-state index contributed by atoms with van der Waals surface area (Å²) in [5.74, 6) is 0.915. The maximum absolute atomic E-state index is 9.28. The van der Waals surface area contributed by atoms with E-state index in [9.17, 15) is 5.26 Å². The van der Waals surface area contributed by atoms with E-state index >= 15 is 0 Å². The Kier molecular flexibility index (Phi) is 3.31. The molecule has 0 N–H and O–H groups in total. The number of hydrogen-bond donors (Lipinski definition) is 0. The third-order valence-electron chi connectivity index (χ3n) is 3.99. The van der Waals surface area contributed by atoms with E-state index in [1.54, 1.807) is 10.8 Å². The molecule has 4 heterocycles. The van der Waals surface area contributed by atoms with Crippen molar-refractivity contribution in [2.75, 3.05) is 36.0 Å². The van der Waals surface area contributed by atoms with E-state index in [0.717, 1.165) is 48.3 Å². The highest BCUT2D eigenvalue weighted by atomic mass is 32.1. The summed E-state index contributed by atoms with van der Waals surface area (Å²) < 4.78 is 5.98. The summed E-state index contributed by atoms with van der Waals surface area (Å²) in [6, 6.07) is 6.15. The van der Waals surface area contributed by atoms with Gasteiger partial charge in [0.25, 0.3) is 0 Å². The summed E-state index contributed by atoms with van der Waals surface area (Å²) in [4.78, 5) is 4.47. The van der Waals surface area contributed by atoms with Crippen molar-refractivity contribution in [1.82, 2.24) is 24.2 Å². The van der Waals surface area contributed by atoms with Crippen molar-refractivity contribution < 1.29 is 0 Å². The molecule has 23 heavy (non-hydrogen) atoms. The fourth-order valence-corrected chi connectivity index (χ4v) is 3.63. The van der Waals surface area contributed by atoms with Crippen molar-refractivity contribution in [1.29, 1.82) is 5.26 Å². The molecular weight excluding hydrogens is 312 g/mol. The number of piperazine rings is 1. The Morgan fingerprint density at radius 1 is 1.17 bits per heavy atom. The van der Waals surface area contributed by atoms with Crippen LogP contribution in [0.4, 0.5) is 10.8 Å². The third-order valence-corrected chi connectivity index (χ3v) is 5.00. The Morgan fingerprint density at radius 3 is 2.74 bits per heavy atom. The van der Waals surface area contributed by atoms with Crippen molar-refractivity contribution in [2.24, 2.45) is 0 Å². The van der Waals surface area contributed by atoms with Gasteiger partial charge in [-0.05, 0) is 30.6 Å². The van der Waals surface area contributed by atoms with E-state index in [1.807, 2.05) is 19.1 Å². The molecule has 3 aromatic heterocycles. The van der Waals surface area contributed by atoms with Crippen LogP contribution in [-0.4, -0.2) is 50.4 Å². The summed E-state index contributed by atoms with van der Waals surface area (Å²) in [7, 11) is 0. The first-order valence-corrected chi connectivity index (χ1v) is 8.07. The van der Waals surface area contributed by atoms with E-state index in [2.05, 4.69) is 35.5 Å². The third kappa shape index (κ3) is 2.37. The van der Waals surface area contributed by atoms with Crippen LogP contribution in [0.2, 0.25) is 0 Å². The van der Waals surface area contributed by atoms with Gasteiger partial charge in [-0.1, -0.05) is 0 Å². The van der Waals surface area contributed by atoms with Gasteiger partial charge in [0.15, 0.2) is 5.65 Å². The van der Waals surface area contributed by atoms with Crippen molar-refractivity contribution in [3.05, 3.63) is 29.7 Å². The molecule has 8 nitrogen and oxygen atoms in total. The molecule has 1 aliphatic heterocycles. The number of rotatable bonds is 2. The van der Waals surface area contributed by atoms with Gasteiger partial charge in [-0.2, -0.15) is 14.2 Å². The monoisotopic (exact) mass is 326 g/mol. The van der Waals surface area contributed by atoms with Crippen LogP contribution < -0.4 is 9.80 Å². The maximum atomic E-state index is 9.28.